The van der Waals surface area contributed by atoms with Crippen molar-refractivity contribution in [3.63, 3.8) is 0 Å². The first kappa shape index (κ1) is 17.4. The van der Waals surface area contributed by atoms with Crippen molar-refractivity contribution in [2.75, 3.05) is 33.3 Å². The Kier molecular flexibility index (Phi) is 4.18. The number of likely N-dealkylation sites (tertiary alicyclic amines) is 2. The van der Waals surface area contributed by atoms with Crippen LogP contribution in [0.1, 0.15) is 21.7 Å². The minimum absolute atomic E-state index is 0.0536. The van der Waals surface area contributed by atoms with Crippen molar-refractivity contribution in [3.05, 3.63) is 71.7 Å². The highest BCUT2D eigenvalue weighted by Crippen LogP contribution is 2.41. The molecule has 3 aromatic rings. The van der Waals surface area contributed by atoms with E-state index in [-0.39, 0.29) is 11.3 Å². The number of aromatic nitrogens is 2. The van der Waals surface area contributed by atoms with Gasteiger partial charge in [-0.2, -0.15) is 0 Å². The van der Waals surface area contributed by atoms with Crippen LogP contribution in [0.4, 0.5) is 0 Å². The highest BCUT2D eigenvalue weighted by molar-refractivity contribution is 5.95. The lowest BCUT2D eigenvalue weighted by molar-refractivity contribution is -0.102. The molecule has 2 aliphatic rings. The number of ether oxygens (including phenoxy) is 1. The second kappa shape index (κ2) is 6.72. The summed E-state index contributed by atoms with van der Waals surface area (Å²) in [5.74, 6) is 0.0536. The minimum atomic E-state index is 0.0536. The van der Waals surface area contributed by atoms with E-state index in [9.17, 15) is 4.79 Å². The lowest BCUT2D eigenvalue weighted by Crippen LogP contribution is -2.72. The maximum Gasteiger partial charge on any atom is 0.272 e. The van der Waals surface area contributed by atoms with Crippen LogP contribution in [0.3, 0.4) is 0 Å². The van der Waals surface area contributed by atoms with Gasteiger partial charge in [0.2, 0.25) is 0 Å². The number of fused-ring (bicyclic) bond motifs is 1. The van der Waals surface area contributed by atoms with E-state index >= 15 is 0 Å². The fourth-order valence-electron chi connectivity index (χ4n) is 4.62. The molecule has 1 spiro atoms. The first-order chi connectivity index (χ1) is 13.7. The van der Waals surface area contributed by atoms with Gasteiger partial charge >= 0.3 is 0 Å². The molecule has 6 nitrogen and oxygen atoms in total. The summed E-state index contributed by atoms with van der Waals surface area (Å²) in [5, 5.41) is 0. The zero-order chi connectivity index (χ0) is 19.1. The Bertz CT molecular complexity index is 1000. The van der Waals surface area contributed by atoms with E-state index in [1.807, 2.05) is 33.7 Å². The smallest absolute Gasteiger partial charge is 0.272 e. The molecule has 2 saturated heterocycles. The van der Waals surface area contributed by atoms with Crippen molar-refractivity contribution in [2.24, 2.45) is 5.41 Å². The Labute approximate surface area is 164 Å². The van der Waals surface area contributed by atoms with Gasteiger partial charge in [0, 0.05) is 51.4 Å². The molecule has 2 aliphatic heterocycles. The van der Waals surface area contributed by atoms with Crippen molar-refractivity contribution in [1.29, 1.82) is 0 Å². The van der Waals surface area contributed by atoms with E-state index in [1.54, 1.807) is 7.11 Å². The van der Waals surface area contributed by atoms with Gasteiger partial charge in [0.25, 0.3) is 5.91 Å². The van der Waals surface area contributed by atoms with Gasteiger partial charge in [-0.25, -0.2) is 4.98 Å². The number of nitrogens with zero attached hydrogens (tertiary/aromatic N) is 4. The molecule has 28 heavy (non-hydrogen) atoms. The van der Waals surface area contributed by atoms with Crippen LogP contribution in [-0.2, 0) is 17.9 Å². The molecule has 1 amide bonds. The monoisotopic (exact) mass is 376 g/mol. The Morgan fingerprint density at radius 1 is 1.07 bits per heavy atom. The molecular weight excluding hydrogens is 352 g/mol. The molecule has 0 saturated carbocycles. The zero-order valence-corrected chi connectivity index (χ0v) is 16.0. The van der Waals surface area contributed by atoms with Crippen LogP contribution in [0, 0.1) is 5.41 Å². The average molecular weight is 376 g/mol. The maximum absolute atomic E-state index is 13.2. The number of carbonyl (C=O) groups is 1. The molecule has 0 atom stereocenters. The highest BCUT2D eigenvalue weighted by atomic mass is 16.5. The van der Waals surface area contributed by atoms with Crippen LogP contribution in [0.25, 0.3) is 5.65 Å². The summed E-state index contributed by atoms with van der Waals surface area (Å²) in [6, 6.07) is 16.3. The van der Waals surface area contributed by atoms with Crippen molar-refractivity contribution in [3.8, 4) is 0 Å². The molecule has 0 N–H and O–H groups in total. The van der Waals surface area contributed by atoms with E-state index < -0.39 is 0 Å². The second-order valence-electron chi connectivity index (χ2n) is 8.06. The topological polar surface area (TPSA) is 50.1 Å². The third kappa shape index (κ3) is 2.89. The Balaban J connectivity index is 1.26. The Hall–Kier alpha value is -2.70. The van der Waals surface area contributed by atoms with Crippen molar-refractivity contribution >= 4 is 11.6 Å². The maximum atomic E-state index is 13.2. The summed E-state index contributed by atoms with van der Waals surface area (Å²) >= 11 is 0. The normalized spacial score (nSPS) is 18.2. The number of hydrogen-bond acceptors (Lipinski definition) is 4. The SMILES string of the molecule is COCc1nc2ccccn2c1C(=O)N1CC2(CN(Cc3ccccc3)C2)C1. The summed E-state index contributed by atoms with van der Waals surface area (Å²) in [6.07, 6.45) is 1.90. The van der Waals surface area contributed by atoms with Crippen molar-refractivity contribution in [2.45, 2.75) is 13.2 Å². The van der Waals surface area contributed by atoms with E-state index in [1.165, 1.54) is 5.56 Å². The molecule has 6 heteroatoms. The van der Waals surface area contributed by atoms with Crippen LogP contribution in [0.5, 0.6) is 0 Å². The fraction of sp³-hybridized carbons (Fsp3) is 0.364. The number of imidazole rings is 1. The molecule has 1 aromatic carbocycles. The van der Waals surface area contributed by atoms with Gasteiger partial charge < -0.3 is 9.64 Å². The molecule has 0 unspecified atom stereocenters. The first-order valence-electron chi connectivity index (χ1n) is 9.68. The largest absolute Gasteiger partial charge is 0.378 e. The number of benzene rings is 1. The number of amides is 1. The second-order valence-corrected chi connectivity index (χ2v) is 8.06. The van der Waals surface area contributed by atoms with Gasteiger partial charge in [-0.1, -0.05) is 36.4 Å². The molecule has 144 valence electrons. The van der Waals surface area contributed by atoms with Crippen LogP contribution in [-0.4, -0.2) is 58.4 Å². The molecule has 0 aliphatic carbocycles. The average Bonchev–Trinajstić information content (AvgIpc) is 3.01. The zero-order valence-electron chi connectivity index (χ0n) is 16.0. The van der Waals surface area contributed by atoms with E-state index in [0.717, 1.165) is 38.4 Å². The predicted molar refractivity (Wildman–Crippen MR) is 106 cm³/mol. The molecule has 2 aromatic heterocycles. The summed E-state index contributed by atoms with van der Waals surface area (Å²) in [4.78, 5) is 22.2. The van der Waals surface area contributed by atoms with Gasteiger partial charge in [0.1, 0.15) is 11.3 Å². The molecule has 4 heterocycles. The van der Waals surface area contributed by atoms with E-state index in [0.29, 0.717) is 18.0 Å². The third-order valence-electron chi connectivity index (χ3n) is 5.79. The molecule has 0 bridgehead atoms. The fourth-order valence-corrected chi connectivity index (χ4v) is 4.62. The van der Waals surface area contributed by atoms with Gasteiger partial charge in [-0.05, 0) is 17.7 Å². The van der Waals surface area contributed by atoms with Crippen molar-refractivity contribution in [1.82, 2.24) is 19.2 Å². The lowest BCUT2D eigenvalue weighted by Gasteiger charge is -2.60. The van der Waals surface area contributed by atoms with Gasteiger partial charge in [-0.15, -0.1) is 0 Å². The quantitative estimate of drug-likeness (QED) is 0.686. The molecule has 2 fully saturated rings. The highest BCUT2D eigenvalue weighted by Gasteiger charge is 2.53. The number of hydrogen-bond donors (Lipinski definition) is 0. The number of rotatable bonds is 5. The van der Waals surface area contributed by atoms with Crippen LogP contribution in [0.15, 0.2) is 54.7 Å². The summed E-state index contributed by atoms with van der Waals surface area (Å²) in [6.45, 7) is 5.09. The first-order valence-corrected chi connectivity index (χ1v) is 9.68. The number of pyridine rings is 1. The van der Waals surface area contributed by atoms with Gasteiger partial charge in [-0.3, -0.25) is 14.1 Å². The molecule has 0 radical (unpaired) electrons. The molecular formula is C22H24N4O2. The van der Waals surface area contributed by atoms with Crippen LogP contribution in [0.2, 0.25) is 0 Å². The lowest BCUT2D eigenvalue weighted by atomic mass is 9.72. The van der Waals surface area contributed by atoms with Crippen LogP contribution >= 0.6 is 0 Å². The van der Waals surface area contributed by atoms with Gasteiger partial charge in [0.05, 0.1) is 12.3 Å². The predicted octanol–water partition coefficient (Wildman–Crippen LogP) is 2.44. The Morgan fingerprint density at radius 3 is 2.57 bits per heavy atom. The summed E-state index contributed by atoms with van der Waals surface area (Å²) in [5.41, 5.74) is 3.74. The summed E-state index contributed by atoms with van der Waals surface area (Å²) < 4.78 is 7.15. The Morgan fingerprint density at radius 2 is 1.82 bits per heavy atom. The van der Waals surface area contributed by atoms with Crippen LogP contribution < -0.4 is 0 Å². The number of methoxy groups -OCH3 is 1. The third-order valence-corrected chi connectivity index (χ3v) is 5.79. The van der Waals surface area contributed by atoms with Crippen molar-refractivity contribution < 1.29 is 9.53 Å². The minimum Gasteiger partial charge on any atom is -0.378 e. The van der Waals surface area contributed by atoms with E-state index in [2.05, 4.69) is 40.2 Å². The standard InChI is InChI=1S/C22H24N4O2/c1-28-12-18-20(26-10-6-5-9-19(26)23-18)21(27)25-15-22(16-25)13-24(14-22)11-17-7-3-2-4-8-17/h2-10H,11-16H2,1H3. The summed E-state index contributed by atoms with van der Waals surface area (Å²) in [7, 11) is 1.63. The van der Waals surface area contributed by atoms with Gasteiger partial charge in [0.15, 0.2) is 0 Å². The molecule has 5 rings (SSSR count). The number of carbonyl (C=O) groups excluding carboxylic acids is 1. The van der Waals surface area contributed by atoms with E-state index in [4.69, 9.17) is 4.74 Å².